The van der Waals surface area contributed by atoms with Gasteiger partial charge >= 0.3 is 5.97 Å². The molecular weight excluding hydrogens is 276 g/mol. The van der Waals surface area contributed by atoms with Gasteiger partial charge in [0.1, 0.15) is 0 Å². The van der Waals surface area contributed by atoms with Crippen molar-refractivity contribution in [3.63, 3.8) is 0 Å². The average Bonchev–Trinajstić information content (AvgIpc) is 2.85. The number of piperidine rings is 1. The summed E-state index contributed by atoms with van der Waals surface area (Å²) in [4.78, 5) is 17.4. The van der Waals surface area contributed by atoms with Crippen LogP contribution in [0.2, 0.25) is 0 Å². The first-order chi connectivity index (χ1) is 9.56. The van der Waals surface area contributed by atoms with Crippen molar-refractivity contribution in [2.75, 3.05) is 19.7 Å². The molecule has 0 radical (unpaired) electrons. The molecule has 2 heterocycles. The van der Waals surface area contributed by atoms with Gasteiger partial charge in [-0.05, 0) is 26.7 Å². The van der Waals surface area contributed by atoms with Crippen LogP contribution in [0.25, 0.3) is 0 Å². The van der Waals surface area contributed by atoms with Crippen molar-refractivity contribution in [3.8, 4) is 0 Å². The zero-order valence-corrected chi connectivity index (χ0v) is 12.9. The van der Waals surface area contributed by atoms with Gasteiger partial charge in [0.15, 0.2) is 0 Å². The Labute approximate surface area is 123 Å². The van der Waals surface area contributed by atoms with Crippen molar-refractivity contribution in [3.05, 3.63) is 16.1 Å². The maximum absolute atomic E-state index is 10.4. The highest BCUT2D eigenvalue weighted by atomic mass is 32.1. The van der Waals surface area contributed by atoms with Gasteiger partial charge in [-0.25, -0.2) is 4.98 Å². The van der Waals surface area contributed by atoms with E-state index in [0.29, 0.717) is 12.6 Å². The van der Waals surface area contributed by atoms with Gasteiger partial charge in [-0.2, -0.15) is 0 Å². The number of aryl methyl sites for hydroxylation is 1. The largest absolute Gasteiger partial charge is 0.481 e. The second-order valence-corrected chi connectivity index (χ2v) is 6.28. The Bertz CT molecular complexity index is 441. The minimum atomic E-state index is -0.796. The van der Waals surface area contributed by atoms with Crippen LogP contribution < -0.4 is 0 Å². The zero-order valence-electron chi connectivity index (χ0n) is 12.0. The molecule has 2 rings (SSSR count). The molecule has 0 bridgehead atoms. The van der Waals surface area contributed by atoms with Gasteiger partial charge in [0.25, 0.3) is 0 Å². The Morgan fingerprint density at radius 1 is 1.60 bits per heavy atom. The number of likely N-dealkylation sites (tertiary alicyclic amines) is 1. The molecule has 0 amide bonds. The fourth-order valence-corrected chi connectivity index (χ4v) is 3.20. The lowest BCUT2D eigenvalue weighted by molar-refractivity contribution is -0.138. The van der Waals surface area contributed by atoms with Crippen molar-refractivity contribution < 1.29 is 14.6 Å². The summed E-state index contributed by atoms with van der Waals surface area (Å²) < 4.78 is 5.61. The monoisotopic (exact) mass is 298 g/mol. The van der Waals surface area contributed by atoms with Crippen LogP contribution in [-0.2, 0) is 9.53 Å². The van der Waals surface area contributed by atoms with Crippen LogP contribution >= 0.6 is 11.3 Å². The normalized spacial score (nSPS) is 19.1. The number of carbonyl (C=O) groups is 1. The van der Waals surface area contributed by atoms with Gasteiger partial charge in [-0.15, -0.1) is 11.3 Å². The molecule has 1 saturated heterocycles. The summed E-state index contributed by atoms with van der Waals surface area (Å²) in [7, 11) is 0. The predicted octanol–water partition coefficient (Wildman–Crippen LogP) is 2.47. The third kappa shape index (κ3) is 4.26. The van der Waals surface area contributed by atoms with Crippen LogP contribution in [0.15, 0.2) is 5.38 Å². The molecular formula is C14H22N2O3S. The van der Waals surface area contributed by atoms with Crippen LogP contribution in [0.1, 0.15) is 42.9 Å². The Morgan fingerprint density at radius 3 is 2.85 bits per heavy atom. The van der Waals surface area contributed by atoms with Crippen LogP contribution in [0, 0.1) is 6.92 Å². The molecule has 1 unspecified atom stereocenters. The van der Waals surface area contributed by atoms with E-state index >= 15 is 0 Å². The van der Waals surface area contributed by atoms with Gasteiger partial charge in [0.2, 0.25) is 0 Å². The molecule has 0 aliphatic carbocycles. The third-order valence-electron chi connectivity index (χ3n) is 3.76. The zero-order chi connectivity index (χ0) is 14.5. The minimum absolute atomic E-state index is 0.0920. The highest BCUT2D eigenvalue weighted by Gasteiger charge is 2.25. The van der Waals surface area contributed by atoms with E-state index in [0.717, 1.165) is 36.6 Å². The summed E-state index contributed by atoms with van der Waals surface area (Å²) >= 11 is 1.69. The Balaban J connectivity index is 1.75. The van der Waals surface area contributed by atoms with E-state index in [2.05, 4.69) is 22.2 Å². The van der Waals surface area contributed by atoms with Crippen molar-refractivity contribution in [2.24, 2.45) is 0 Å². The third-order valence-corrected chi connectivity index (χ3v) is 4.55. The topological polar surface area (TPSA) is 62.7 Å². The van der Waals surface area contributed by atoms with E-state index in [9.17, 15) is 4.79 Å². The van der Waals surface area contributed by atoms with Crippen LogP contribution in [0.3, 0.4) is 0 Å². The van der Waals surface area contributed by atoms with Crippen LogP contribution in [0.5, 0.6) is 0 Å². The van der Waals surface area contributed by atoms with E-state index in [-0.39, 0.29) is 12.5 Å². The first kappa shape index (κ1) is 15.4. The van der Waals surface area contributed by atoms with Crippen molar-refractivity contribution in [2.45, 2.75) is 45.3 Å². The number of thiazole rings is 1. The van der Waals surface area contributed by atoms with Crippen molar-refractivity contribution in [1.82, 2.24) is 9.88 Å². The number of rotatable bonds is 6. The van der Waals surface area contributed by atoms with E-state index < -0.39 is 5.97 Å². The van der Waals surface area contributed by atoms with Crippen molar-refractivity contribution >= 4 is 17.3 Å². The Morgan fingerprint density at radius 2 is 2.30 bits per heavy atom. The standard InChI is InChI=1S/C14H22N2O3S/c1-10(13-9-20-11(2)15-13)16-6-3-12(4-7-16)19-8-5-14(17)18/h9-10,12H,3-8H2,1-2H3,(H,17,18). The molecule has 0 spiro atoms. The van der Waals surface area contributed by atoms with Gasteiger partial charge in [0, 0.05) is 18.5 Å². The van der Waals surface area contributed by atoms with Gasteiger partial charge in [-0.3, -0.25) is 9.69 Å². The lowest BCUT2D eigenvalue weighted by Gasteiger charge is -2.35. The fraction of sp³-hybridized carbons (Fsp3) is 0.714. The highest BCUT2D eigenvalue weighted by molar-refractivity contribution is 7.09. The molecule has 0 aromatic carbocycles. The van der Waals surface area contributed by atoms with Gasteiger partial charge in [-0.1, -0.05) is 0 Å². The molecule has 1 aliphatic heterocycles. The first-order valence-corrected chi connectivity index (χ1v) is 7.93. The molecule has 20 heavy (non-hydrogen) atoms. The quantitative estimate of drug-likeness (QED) is 0.874. The smallest absolute Gasteiger partial charge is 0.305 e. The number of carboxylic acid groups (broad SMARTS) is 1. The number of ether oxygens (including phenoxy) is 1. The number of aliphatic carboxylic acids is 1. The average molecular weight is 298 g/mol. The lowest BCUT2D eigenvalue weighted by Crippen LogP contribution is -2.38. The molecule has 1 fully saturated rings. The lowest BCUT2D eigenvalue weighted by atomic mass is 10.0. The summed E-state index contributed by atoms with van der Waals surface area (Å²) in [6, 6.07) is 0.347. The number of aromatic nitrogens is 1. The molecule has 5 nitrogen and oxygen atoms in total. The highest BCUT2D eigenvalue weighted by Crippen LogP contribution is 2.26. The maximum Gasteiger partial charge on any atom is 0.305 e. The maximum atomic E-state index is 10.4. The fourth-order valence-electron chi connectivity index (χ4n) is 2.50. The molecule has 1 aliphatic rings. The van der Waals surface area contributed by atoms with Crippen LogP contribution in [0.4, 0.5) is 0 Å². The number of hydrogen-bond acceptors (Lipinski definition) is 5. The second kappa shape index (κ2) is 7.15. The molecule has 112 valence electrons. The Hall–Kier alpha value is -0.980. The molecule has 1 aromatic heterocycles. The Kier molecular flexibility index (Phi) is 5.51. The van der Waals surface area contributed by atoms with Crippen LogP contribution in [-0.4, -0.2) is 46.8 Å². The number of carboxylic acids is 1. The van der Waals surface area contributed by atoms with Gasteiger partial charge in [0.05, 0.1) is 35.9 Å². The molecule has 1 atom stereocenters. The molecule has 0 saturated carbocycles. The SMILES string of the molecule is Cc1nc(C(C)N2CCC(OCCC(=O)O)CC2)cs1. The summed E-state index contributed by atoms with van der Waals surface area (Å²) in [5, 5.41) is 11.8. The van der Waals surface area contributed by atoms with Crippen molar-refractivity contribution in [1.29, 1.82) is 0 Å². The number of hydrogen-bond donors (Lipinski definition) is 1. The van der Waals surface area contributed by atoms with E-state index in [4.69, 9.17) is 9.84 Å². The molecule has 1 N–H and O–H groups in total. The molecule has 1 aromatic rings. The molecule has 6 heteroatoms. The summed E-state index contributed by atoms with van der Waals surface area (Å²) in [6.45, 7) is 6.51. The first-order valence-electron chi connectivity index (χ1n) is 7.05. The van der Waals surface area contributed by atoms with Gasteiger partial charge < -0.3 is 9.84 Å². The second-order valence-electron chi connectivity index (χ2n) is 5.22. The summed E-state index contributed by atoms with van der Waals surface area (Å²) in [5.74, 6) is -0.796. The number of nitrogens with zero attached hydrogens (tertiary/aromatic N) is 2. The summed E-state index contributed by atoms with van der Waals surface area (Å²) in [5.41, 5.74) is 1.15. The minimum Gasteiger partial charge on any atom is -0.481 e. The van der Waals surface area contributed by atoms with E-state index in [1.165, 1.54) is 0 Å². The van der Waals surface area contributed by atoms with E-state index in [1.807, 2.05) is 6.92 Å². The predicted molar refractivity (Wildman–Crippen MR) is 78.1 cm³/mol. The van der Waals surface area contributed by atoms with E-state index in [1.54, 1.807) is 11.3 Å². The summed E-state index contributed by atoms with van der Waals surface area (Å²) in [6.07, 6.45) is 2.23.